The zero-order valence-corrected chi connectivity index (χ0v) is 14.4. The lowest BCUT2D eigenvalue weighted by atomic mass is 9.90. The Labute approximate surface area is 143 Å². The van der Waals surface area contributed by atoms with Crippen molar-refractivity contribution in [1.82, 2.24) is 9.80 Å². The smallest absolute Gasteiger partial charge is 0.410 e. The molecule has 130 valence electrons. The number of hydrogen-bond acceptors (Lipinski definition) is 3. The van der Waals surface area contributed by atoms with Gasteiger partial charge in [0, 0.05) is 13.1 Å². The average Bonchev–Trinajstić information content (AvgIpc) is 2.99. The molecule has 2 heterocycles. The van der Waals surface area contributed by atoms with Crippen molar-refractivity contribution in [3.05, 3.63) is 35.4 Å². The molecule has 3 rings (SSSR count). The van der Waals surface area contributed by atoms with Gasteiger partial charge in [-0.15, -0.1) is 0 Å². The van der Waals surface area contributed by atoms with E-state index in [1.807, 2.05) is 4.90 Å². The van der Waals surface area contributed by atoms with Crippen LogP contribution in [0.25, 0.3) is 0 Å². The van der Waals surface area contributed by atoms with E-state index in [-0.39, 0.29) is 18.5 Å². The zero-order chi connectivity index (χ0) is 16.9. The molecule has 1 atom stereocenters. The standard InChI is InChI=1S/C19H26N2O3/c1-15-5-2-3-7-17(15)9-8-16-6-4-10-20(13-16)18(22)14-21-11-12-24-19(21)23/h2-3,5,7,16H,4,6,8-14H2,1H3. The molecular weight excluding hydrogens is 304 g/mol. The van der Waals surface area contributed by atoms with Gasteiger partial charge in [-0.2, -0.15) is 0 Å². The molecule has 0 saturated carbocycles. The molecule has 5 heteroatoms. The second-order valence-corrected chi connectivity index (χ2v) is 6.85. The Morgan fingerprint density at radius 3 is 2.88 bits per heavy atom. The minimum Gasteiger partial charge on any atom is -0.448 e. The van der Waals surface area contributed by atoms with Crippen LogP contribution in [0.15, 0.2) is 24.3 Å². The summed E-state index contributed by atoms with van der Waals surface area (Å²) in [5, 5.41) is 0. The highest BCUT2D eigenvalue weighted by atomic mass is 16.6. The Morgan fingerprint density at radius 2 is 2.12 bits per heavy atom. The maximum atomic E-state index is 12.5. The van der Waals surface area contributed by atoms with Crippen molar-refractivity contribution in [3.8, 4) is 0 Å². The van der Waals surface area contributed by atoms with E-state index >= 15 is 0 Å². The minimum absolute atomic E-state index is 0.0504. The van der Waals surface area contributed by atoms with Gasteiger partial charge in [0.1, 0.15) is 13.2 Å². The Hall–Kier alpha value is -2.04. The molecule has 0 bridgehead atoms. The summed E-state index contributed by atoms with van der Waals surface area (Å²) in [7, 11) is 0. The zero-order valence-electron chi connectivity index (χ0n) is 14.4. The molecule has 2 fully saturated rings. The Kier molecular flexibility index (Phi) is 5.38. The third-order valence-electron chi connectivity index (χ3n) is 5.13. The number of rotatable bonds is 5. The van der Waals surface area contributed by atoms with Crippen molar-refractivity contribution in [1.29, 1.82) is 0 Å². The van der Waals surface area contributed by atoms with Crippen molar-refractivity contribution in [3.63, 3.8) is 0 Å². The van der Waals surface area contributed by atoms with Gasteiger partial charge in [-0.3, -0.25) is 9.69 Å². The Balaban J connectivity index is 1.49. The van der Waals surface area contributed by atoms with Crippen molar-refractivity contribution in [2.45, 2.75) is 32.6 Å². The number of ether oxygens (including phenoxy) is 1. The first-order valence-corrected chi connectivity index (χ1v) is 8.87. The molecule has 5 nitrogen and oxygen atoms in total. The summed E-state index contributed by atoms with van der Waals surface area (Å²) in [5.41, 5.74) is 2.74. The number of carbonyl (C=O) groups is 2. The maximum Gasteiger partial charge on any atom is 0.410 e. The number of amides is 2. The van der Waals surface area contributed by atoms with Crippen molar-refractivity contribution >= 4 is 12.0 Å². The molecule has 24 heavy (non-hydrogen) atoms. The fraction of sp³-hybridized carbons (Fsp3) is 0.579. The summed E-state index contributed by atoms with van der Waals surface area (Å²) in [6.45, 7) is 4.85. The van der Waals surface area contributed by atoms with E-state index in [9.17, 15) is 9.59 Å². The highest BCUT2D eigenvalue weighted by Crippen LogP contribution is 2.23. The molecule has 0 aromatic heterocycles. The van der Waals surface area contributed by atoms with Crippen LogP contribution in [0.5, 0.6) is 0 Å². The number of carbonyl (C=O) groups excluding carboxylic acids is 2. The number of cyclic esters (lactones) is 1. The Morgan fingerprint density at radius 1 is 1.29 bits per heavy atom. The predicted molar refractivity (Wildman–Crippen MR) is 91.7 cm³/mol. The third kappa shape index (κ3) is 4.08. The van der Waals surface area contributed by atoms with Gasteiger partial charge in [0.25, 0.3) is 0 Å². The summed E-state index contributed by atoms with van der Waals surface area (Å²) < 4.78 is 4.89. The average molecular weight is 330 g/mol. The first-order chi connectivity index (χ1) is 11.6. The van der Waals surface area contributed by atoms with Crippen LogP contribution in [0.4, 0.5) is 4.79 Å². The molecular formula is C19H26N2O3. The number of hydrogen-bond donors (Lipinski definition) is 0. The van der Waals surface area contributed by atoms with Gasteiger partial charge in [0.2, 0.25) is 5.91 Å². The van der Waals surface area contributed by atoms with E-state index in [2.05, 4.69) is 31.2 Å². The van der Waals surface area contributed by atoms with Crippen LogP contribution < -0.4 is 0 Å². The molecule has 0 N–H and O–H groups in total. The number of piperidine rings is 1. The first kappa shape index (κ1) is 16.8. The summed E-state index contributed by atoms with van der Waals surface area (Å²) in [6.07, 6.45) is 4.05. The molecule has 2 amide bonds. The van der Waals surface area contributed by atoms with Crippen LogP contribution in [0.1, 0.15) is 30.4 Å². The van der Waals surface area contributed by atoms with Crippen LogP contribution >= 0.6 is 0 Å². The van der Waals surface area contributed by atoms with Gasteiger partial charge in [-0.1, -0.05) is 24.3 Å². The van der Waals surface area contributed by atoms with E-state index in [1.165, 1.54) is 22.4 Å². The summed E-state index contributed by atoms with van der Waals surface area (Å²) in [6, 6.07) is 8.51. The van der Waals surface area contributed by atoms with Gasteiger partial charge < -0.3 is 9.64 Å². The minimum atomic E-state index is -0.364. The number of aryl methyl sites for hydroxylation is 2. The fourth-order valence-electron chi connectivity index (χ4n) is 3.61. The molecule has 1 aromatic rings. The summed E-state index contributed by atoms with van der Waals surface area (Å²) in [4.78, 5) is 27.4. The van der Waals surface area contributed by atoms with E-state index in [0.717, 1.165) is 32.4 Å². The van der Waals surface area contributed by atoms with E-state index in [4.69, 9.17) is 4.74 Å². The van der Waals surface area contributed by atoms with Crippen LogP contribution in [-0.4, -0.2) is 54.6 Å². The van der Waals surface area contributed by atoms with E-state index in [1.54, 1.807) is 0 Å². The number of benzene rings is 1. The molecule has 2 saturated heterocycles. The van der Waals surface area contributed by atoms with E-state index < -0.39 is 0 Å². The fourth-order valence-corrected chi connectivity index (χ4v) is 3.61. The normalized spacial score (nSPS) is 21.0. The number of nitrogens with zero attached hydrogens (tertiary/aromatic N) is 2. The highest BCUT2D eigenvalue weighted by Gasteiger charge is 2.29. The first-order valence-electron chi connectivity index (χ1n) is 8.87. The molecule has 2 aliphatic rings. The lowest BCUT2D eigenvalue weighted by molar-refractivity contribution is -0.133. The molecule has 0 spiro atoms. The third-order valence-corrected chi connectivity index (χ3v) is 5.13. The van der Waals surface area contributed by atoms with Crippen molar-refractivity contribution < 1.29 is 14.3 Å². The topological polar surface area (TPSA) is 49.9 Å². The van der Waals surface area contributed by atoms with Crippen LogP contribution in [0.3, 0.4) is 0 Å². The van der Waals surface area contributed by atoms with Gasteiger partial charge in [-0.05, 0) is 49.7 Å². The molecule has 1 aromatic carbocycles. The summed E-state index contributed by atoms with van der Waals surface area (Å²) in [5.74, 6) is 0.599. The van der Waals surface area contributed by atoms with Crippen molar-refractivity contribution in [2.75, 3.05) is 32.8 Å². The molecule has 0 aliphatic carbocycles. The monoisotopic (exact) mass is 330 g/mol. The number of likely N-dealkylation sites (tertiary alicyclic amines) is 1. The second kappa shape index (κ2) is 7.69. The van der Waals surface area contributed by atoms with Gasteiger partial charge in [-0.25, -0.2) is 4.79 Å². The van der Waals surface area contributed by atoms with Gasteiger partial charge in [0.15, 0.2) is 0 Å². The maximum absolute atomic E-state index is 12.5. The second-order valence-electron chi connectivity index (χ2n) is 6.85. The molecule has 0 radical (unpaired) electrons. The molecule has 1 unspecified atom stereocenters. The predicted octanol–water partition coefficient (Wildman–Crippen LogP) is 2.62. The molecule has 2 aliphatic heterocycles. The SMILES string of the molecule is Cc1ccccc1CCC1CCCN(C(=O)CN2CCOC2=O)C1. The highest BCUT2D eigenvalue weighted by molar-refractivity contribution is 5.83. The lowest BCUT2D eigenvalue weighted by Gasteiger charge is -2.33. The largest absolute Gasteiger partial charge is 0.448 e. The van der Waals surface area contributed by atoms with Gasteiger partial charge >= 0.3 is 6.09 Å². The quantitative estimate of drug-likeness (QED) is 0.834. The van der Waals surface area contributed by atoms with E-state index in [0.29, 0.717) is 19.1 Å². The van der Waals surface area contributed by atoms with Gasteiger partial charge in [0.05, 0.1) is 6.54 Å². The van der Waals surface area contributed by atoms with Crippen LogP contribution in [0, 0.1) is 12.8 Å². The van der Waals surface area contributed by atoms with Crippen LogP contribution in [0.2, 0.25) is 0 Å². The van der Waals surface area contributed by atoms with Crippen LogP contribution in [-0.2, 0) is 16.0 Å². The Bertz CT molecular complexity index is 602. The lowest BCUT2D eigenvalue weighted by Crippen LogP contribution is -2.45. The van der Waals surface area contributed by atoms with Crippen molar-refractivity contribution in [2.24, 2.45) is 5.92 Å². The summed E-state index contributed by atoms with van der Waals surface area (Å²) >= 11 is 0.